The van der Waals surface area contributed by atoms with Crippen LogP contribution in [0.3, 0.4) is 0 Å². The number of aryl methyl sites for hydroxylation is 1. The third-order valence-corrected chi connectivity index (χ3v) is 14.2. The van der Waals surface area contributed by atoms with Crippen molar-refractivity contribution in [2.75, 3.05) is 0 Å². The van der Waals surface area contributed by atoms with Crippen LogP contribution in [0.15, 0.2) is 152 Å². The first-order valence-electron chi connectivity index (χ1n) is 24.7. The molecule has 0 bridgehead atoms. The molecule has 0 saturated heterocycles. The summed E-state index contributed by atoms with van der Waals surface area (Å²) in [5.41, 5.74) is 19.4. The summed E-state index contributed by atoms with van der Waals surface area (Å²) in [5, 5.41) is 13.3. The molecule has 10 rings (SSSR count). The molecule has 1 N–H and O–H groups in total. The summed E-state index contributed by atoms with van der Waals surface area (Å²) in [6, 6.07) is 56.3. The van der Waals surface area contributed by atoms with Crippen molar-refractivity contribution < 1.29 is 26.2 Å². The van der Waals surface area contributed by atoms with Gasteiger partial charge in [-0.15, -0.1) is 29.8 Å². The fourth-order valence-corrected chi connectivity index (χ4v) is 9.88. The van der Waals surface area contributed by atoms with E-state index in [-0.39, 0.29) is 48.5 Å². The van der Waals surface area contributed by atoms with Crippen LogP contribution in [0.4, 0.5) is 0 Å². The Morgan fingerprint density at radius 3 is 1.79 bits per heavy atom. The predicted molar refractivity (Wildman–Crippen MR) is 295 cm³/mol. The molecule has 10 aromatic rings. The maximum absolute atomic E-state index is 10.8. The molecule has 0 aliphatic heterocycles. The van der Waals surface area contributed by atoms with Crippen LogP contribution in [-0.2, 0) is 49.8 Å². The molecule has 0 spiro atoms. The number of rotatable bonds is 6. The fourth-order valence-electron chi connectivity index (χ4n) is 9.88. The van der Waals surface area contributed by atoms with Crippen LogP contribution in [0.5, 0.6) is 5.75 Å². The van der Waals surface area contributed by atoms with Gasteiger partial charge in [0.2, 0.25) is 0 Å². The van der Waals surface area contributed by atoms with Gasteiger partial charge in [-0.05, 0) is 121 Å². The van der Waals surface area contributed by atoms with Crippen molar-refractivity contribution in [2.45, 2.75) is 105 Å². The zero-order chi connectivity index (χ0) is 49.7. The van der Waals surface area contributed by atoms with Crippen molar-refractivity contribution >= 4 is 32.8 Å². The number of pyridine rings is 1. The van der Waals surface area contributed by atoms with Crippen LogP contribution in [0.1, 0.15) is 105 Å². The first-order valence-corrected chi connectivity index (χ1v) is 24.7. The molecule has 6 heteroatoms. The number of aromatic nitrogens is 4. The molecule has 0 amide bonds. The van der Waals surface area contributed by atoms with E-state index in [4.69, 9.17) is 9.97 Å². The molecule has 71 heavy (non-hydrogen) atoms. The fraction of sp³-hybridized carbons (Fsp3) is 0.262. The number of benzene rings is 7. The van der Waals surface area contributed by atoms with Crippen molar-refractivity contribution in [3.05, 3.63) is 180 Å². The molecule has 0 radical (unpaired) electrons. The first-order chi connectivity index (χ1) is 33.0. The topological polar surface area (TPSA) is 55.9 Å². The van der Waals surface area contributed by atoms with Gasteiger partial charge in [-0.1, -0.05) is 161 Å². The summed E-state index contributed by atoms with van der Waals surface area (Å²) >= 11 is 0. The minimum Gasteiger partial charge on any atom is -0.507 e. The Balaban J connectivity index is 0.00000624. The summed E-state index contributed by atoms with van der Waals surface area (Å²) in [7, 11) is 2.00. The third-order valence-electron chi connectivity index (χ3n) is 14.2. The third kappa shape index (κ3) is 9.19. The number of hydrogen-bond acceptors (Lipinski definition) is 3. The maximum Gasteiger partial charge on any atom is 0.143 e. The second-order valence-electron chi connectivity index (χ2n) is 23.4. The van der Waals surface area contributed by atoms with E-state index in [1.54, 1.807) is 6.07 Å². The predicted octanol–water partition coefficient (Wildman–Crippen LogP) is 17.1. The van der Waals surface area contributed by atoms with Gasteiger partial charge in [0.25, 0.3) is 0 Å². The standard InChI is InChI=1S/C65H65N4O.Pt/c1-62(2,3)45-27-28-56-53(37-45)54-39-48(65(10,11)12)38-52(60(54)69(56)49-22-17-19-40(34-49)44-32-46(63(4,5)6)36-47(33-44)64(7,8)9)42-29-30-66-55(35-42)43-21-16-20-41(31-43)50-24-18-25-57-59(50)67-61(68(57)13)51-23-14-15-26-58(51)70;/h14-30,32-39,70H,1-13H3;/q-1;. The number of hydrogen-bond donors (Lipinski definition) is 1. The number of phenols is 1. The molecule has 0 saturated carbocycles. The summed E-state index contributed by atoms with van der Waals surface area (Å²) in [6.45, 7) is 27.7. The van der Waals surface area contributed by atoms with Gasteiger partial charge < -0.3 is 14.2 Å². The Kier molecular flexibility index (Phi) is 12.5. The van der Waals surface area contributed by atoms with E-state index in [2.05, 4.69) is 215 Å². The Labute approximate surface area is 434 Å². The number of para-hydroxylation sites is 2. The normalized spacial score (nSPS) is 12.5. The SMILES string of the molecule is Cn1c(-c2ccccc2O)nc2c(-c3[c-]c(-c4cc(-c5cc(C(C)(C)C)cc6c7cc(C(C)(C)C)ccc7n(-c7cccc(-c8cc(C(C)(C)C)cc(C(C)(C)C)c8)c7)c56)ccn4)ccc3)cccc21.[Pt]. The van der Waals surface area contributed by atoms with Gasteiger partial charge in [-0.3, -0.25) is 4.98 Å². The van der Waals surface area contributed by atoms with Gasteiger partial charge in [-0.2, -0.15) is 0 Å². The molecule has 0 aliphatic rings. The van der Waals surface area contributed by atoms with Crippen LogP contribution in [-0.4, -0.2) is 24.2 Å². The molecular formula is C65H65N4OPt-. The quantitative estimate of drug-likeness (QED) is 0.169. The smallest absolute Gasteiger partial charge is 0.143 e. The molecule has 0 aliphatic carbocycles. The average Bonchev–Trinajstić information content (AvgIpc) is 3.84. The Bertz CT molecular complexity index is 3640. The van der Waals surface area contributed by atoms with Crippen molar-refractivity contribution in [3.63, 3.8) is 0 Å². The van der Waals surface area contributed by atoms with E-state index in [0.717, 1.165) is 50.2 Å². The summed E-state index contributed by atoms with van der Waals surface area (Å²) in [4.78, 5) is 10.1. The van der Waals surface area contributed by atoms with Gasteiger partial charge in [0, 0.05) is 62.0 Å². The van der Waals surface area contributed by atoms with E-state index in [1.807, 2.05) is 36.0 Å². The number of imidazole rings is 1. The number of nitrogens with zero attached hydrogens (tertiary/aromatic N) is 4. The van der Waals surface area contributed by atoms with E-state index >= 15 is 0 Å². The second-order valence-corrected chi connectivity index (χ2v) is 23.4. The van der Waals surface area contributed by atoms with Gasteiger partial charge in [-0.25, -0.2) is 4.98 Å². The van der Waals surface area contributed by atoms with Crippen LogP contribution >= 0.6 is 0 Å². The minimum absolute atomic E-state index is 0. The largest absolute Gasteiger partial charge is 0.507 e. The summed E-state index contributed by atoms with van der Waals surface area (Å²) < 4.78 is 4.55. The Hall–Kier alpha value is -6.55. The Morgan fingerprint density at radius 2 is 1.10 bits per heavy atom. The van der Waals surface area contributed by atoms with E-state index in [0.29, 0.717) is 11.4 Å². The van der Waals surface area contributed by atoms with Crippen LogP contribution in [0.25, 0.3) is 94.6 Å². The molecule has 7 aromatic carbocycles. The van der Waals surface area contributed by atoms with Crippen molar-refractivity contribution in [3.8, 4) is 67.5 Å². The van der Waals surface area contributed by atoms with Crippen molar-refractivity contribution in [1.29, 1.82) is 0 Å². The van der Waals surface area contributed by atoms with Gasteiger partial charge in [0.15, 0.2) is 0 Å². The molecular weight excluding hydrogens is 1050 g/mol. The second kappa shape index (κ2) is 17.9. The number of aromatic hydroxyl groups is 1. The number of fused-ring (bicyclic) bond motifs is 4. The maximum atomic E-state index is 10.8. The summed E-state index contributed by atoms with van der Waals surface area (Å²) in [6.07, 6.45) is 1.94. The molecule has 3 aromatic heterocycles. The van der Waals surface area contributed by atoms with Crippen LogP contribution in [0.2, 0.25) is 0 Å². The molecule has 0 fully saturated rings. The first kappa shape index (κ1) is 49.4. The molecule has 3 heterocycles. The molecule has 362 valence electrons. The molecule has 5 nitrogen and oxygen atoms in total. The van der Waals surface area contributed by atoms with Crippen LogP contribution < -0.4 is 0 Å². The monoisotopic (exact) mass is 1110 g/mol. The zero-order valence-electron chi connectivity index (χ0n) is 43.5. The van der Waals surface area contributed by atoms with Crippen molar-refractivity contribution in [1.82, 2.24) is 19.1 Å². The minimum atomic E-state index is -0.120. The van der Waals surface area contributed by atoms with E-state index in [9.17, 15) is 5.11 Å². The molecule has 0 unspecified atom stereocenters. The Morgan fingerprint density at radius 1 is 0.479 bits per heavy atom. The van der Waals surface area contributed by atoms with Gasteiger partial charge in [0.05, 0.1) is 27.6 Å². The van der Waals surface area contributed by atoms with E-state index in [1.165, 1.54) is 55.2 Å². The van der Waals surface area contributed by atoms with Gasteiger partial charge >= 0.3 is 0 Å². The van der Waals surface area contributed by atoms with Crippen LogP contribution in [0, 0.1) is 6.07 Å². The van der Waals surface area contributed by atoms with E-state index < -0.39 is 0 Å². The van der Waals surface area contributed by atoms with Crippen molar-refractivity contribution in [2.24, 2.45) is 7.05 Å². The summed E-state index contributed by atoms with van der Waals surface area (Å²) in [5.74, 6) is 0.908. The van der Waals surface area contributed by atoms with Gasteiger partial charge in [0.1, 0.15) is 11.6 Å². The number of phenolic OH excluding ortho intramolecular Hbond substituents is 1. The zero-order valence-corrected chi connectivity index (χ0v) is 45.8. The molecule has 0 atom stereocenters. The average molecular weight is 1110 g/mol.